The number of hydrogen-bond acceptors (Lipinski definition) is 6. The van der Waals surface area contributed by atoms with Crippen molar-refractivity contribution in [2.45, 2.75) is 4.90 Å². The molecule has 3 aromatic rings. The number of aromatic nitrogens is 1. The predicted molar refractivity (Wildman–Crippen MR) is 117 cm³/mol. The Hall–Kier alpha value is -2.00. The minimum atomic E-state index is -0.299. The maximum atomic E-state index is 13.6. The molecule has 1 aliphatic heterocycles. The van der Waals surface area contributed by atoms with Gasteiger partial charge in [0.25, 0.3) is 5.91 Å². The molecule has 0 saturated carbocycles. The molecule has 8 heteroatoms. The third kappa shape index (κ3) is 4.78. The number of carbonyl (C=O) groups excluding carboxylic acids is 1. The maximum absolute atomic E-state index is 13.6. The summed E-state index contributed by atoms with van der Waals surface area (Å²) in [5, 5.41) is 0.595. The van der Waals surface area contributed by atoms with E-state index in [0.717, 1.165) is 29.2 Å². The van der Waals surface area contributed by atoms with Gasteiger partial charge in [0.15, 0.2) is 5.13 Å². The highest BCUT2D eigenvalue weighted by Crippen LogP contribution is 2.30. The monoisotopic (exact) mass is 431 g/mol. The van der Waals surface area contributed by atoms with Crippen molar-refractivity contribution in [2.75, 3.05) is 50.5 Å². The van der Waals surface area contributed by atoms with E-state index in [0.29, 0.717) is 36.0 Å². The molecular weight excluding hydrogens is 409 g/mol. The van der Waals surface area contributed by atoms with Gasteiger partial charge in [-0.05, 0) is 48.7 Å². The second-order valence-corrected chi connectivity index (χ2v) is 8.64. The number of thiazole rings is 1. The lowest BCUT2D eigenvalue weighted by molar-refractivity contribution is 0.0391. The van der Waals surface area contributed by atoms with E-state index >= 15 is 0 Å². The zero-order chi connectivity index (χ0) is 20.2. The number of rotatable bonds is 6. The Balaban J connectivity index is 1.61. The fourth-order valence-corrected chi connectivity index (χ4v) is 4.66. The Bertz CT molecular complexity index is 987. The topological polar surface area (TPSA) is 45.7 Å². The van der Waals surface area contributed by atoms with Crippen molar-refractivity contribution in [3.8, 4) is 0 Å². The summed E-state index contributed by atoms with van der Waals surface area (Å²) in [6.45, 7) is 4.40. The van der Waals surface area contributed by atoms with Gasteiger partial charge in [-0.3, -0.25) is 14.6 Å². The fraction of sp³-hybridized carbons (Fsp3) is 0.333. The highest BCUT2D eigenvalue weighted by molar-refractivity contribution is 7.98. The van der Waals surface area contributed by atoms with Gasteiger partial charge < -0.3 is 4.74 Å². The first kappa shape index (κ1) is 20.3. The van der Waals surface area contributed by atoms with E-state index in [2.05, 4.69) is 9.88 Å². The molecule has 4 rings (SSSR count). The Morgan fingerprint density at radius 1 is 1.24 bits per heavy atom. The molecule has 1 fully saturated rings. The summed E-state index contributed by atoms with van der Waals surface area (Å²) in [6.07, 6.45) is 2.01. The number of benzene rings is 2. The molecule has 1 amide bonds. The Labute approximate surface area is 177 Å². The average molecular weight is 432 g/mol. The lowest BCUT2D eigenvalue weighted by atomic mass is 10.2. The van der Waals surface area contributed by atoms with Crippen LogP contribution in [0.25, 0.3) is 10.2 Å². The number of anilines is 1. The SMILES string of the molecule is CSc1ccc(C(=O)N(CCN2CCOCC2)c2nc3ccc(F)cc3s2)cc1. The molecule has 1 aliphatic rings. The van der Waals surface area contributed by atoms with Gasteiger partial charge in [-0.15, -0.1) is 11.8 Å². The van der Waals surface area contributed by atoms with E-state index in [1.807, 2.05) is 30.5 Å². The molecule has 0 N–H and O–H groups in total. The molecular formula is C21H22FN3O2S2. The lowest BCUT2D eigenvalue weighted by Crippen LogP contribution is -2.43. The molecule has 152 valence electrons. The van der Waals surface area contributed by atoms with Crippen molar-refractivity contribution < 1.29 is 13.9 Å². The second-order valence-electron chi connectivity index (χ2n) is 6.75. The van der Waals surface area contributed by atoms with Crippen LogP contribution in [0.2, 0.25) is 0 Å². The minimum Gasteiger partial charge on any atom is -0.379 e. The van der Waals surface area contributed by atoms with Crippen LogP contribution in [0.1, 0.15) is 10.4 Å². The highest BCUT2D eigenvalue weighted by atomic mass is 32.2. The van der Waals surface area contributed by atoms with Crippen LogP contribution in [0.4, 0.5) is 9.52 Å². The van der Waals surface area contributed by atoms with Crippen LogP contribution in [0.15, 0.2) is 47.4 Å². The third-order valence-electron chi connectivity index (χ3n) is 4.90. The van der Waals surface area contributed by atoms with E-state index in [9.17, 15) is 9.18 Å². The molecule has 0 radical (unpaired) electrons. The van der Waals surface area contributed by atoms with Crippen LogP contribution in [-0.2, 0) is 4.74 Å². The number of nitrogens with zero attached hydrogens (tertiary/aromatic N) is 3. The van der Waals surface area contributed by atoms with Gasteiger partial charge in [0.05, 0.1) is 23.4 Å². The van der Waals surface area contributed by atoms with Crippen LogP contribution in [-0.4, -0.2) is 61.4 Å². The van der Waals surface area contributed by atoms with Crippen LogP contribution < -0.4 is 4.90 Å². The van der Waals surface area contributed by atoms with Crippen molar-refractivity contribution in [1.82, 2.24) is 9.88 Å². The van der Waals surface area contributed by atoms with Crippen molar-refractivity contribution in [2.24, 2.45) is 0 Å². The maximum Gasteiger partial charge on any atom is 0.260 e. The molecule has 1 aromatic heterocycles. The molecule has 2 aromatic carbocycles. The van der Waals surface area contributed by atoms with Gasteiger partial charge in [0.2, 0.25) is 0 Å². The van der Waals surface area contributed by atoms with Crippen molar-refractivity contribution in [1.29, 1.82) is 0 Å². The number of halogens is 1. The number of ether oxygens (including phenoxy) is 1. The Morgan fingerprint density at radius 2 is 2.00 bits per heavy atom. The number of morpholine rings is 1. The summed E-state index contributed by atoms with van der Waals surface area (Å²) in [5.74, 6) is -0.392. The van der Waals surface area contributed by atoms with E-state index in [1.54, 1.807) is 22.7 Å². The van der Waals surface area contributed by atoms with Gasteiger partial charge in [-0.2, -0.15) is 0 Å². The number of carbonyl (C=O) groups is 1. The smallest absolute Gasteiger partial charge is 0.260 e. The third-order valence-corrected chi connectivity index (χ3v) is 6.68. The molecule has 29 heavy (non-hydrogen) atoms. The van der Waals surface area contributed by atoms with Gasteiger partial charge in [-0.25, -0.2) is 9.37 Å². The molecule has 2 heterocycles. The molecule has 0 spiro atoms. The lowest BCUT2D eigenvalue weighted by Gasteiger charge is -2.29. The molecule has 0 atom stereocenters. The average Bonchev–Trinajstić information content (AvgIpc) is 3.17. The van der Waals surface area contributed by atoms with Crippen molar-refractivity contribution >= 4 is 44.4 Å². The summed E-state index contributed by atoms with van der Waals surface area (Å²) in [7, 11) is 0. The van der Waals surface area contributed by atoms with Crippen LogP contribution in [0, 0.1) is 5.82 Å². The number of thioether (sulfide) groups is 1. The van der Waals surface area contributed by atoms with E-state index in [4.69, 9.17) is 4.74 Å². The summed E-state index contributed by atoms with van der Waals surface area (Å²) in [4.78, 5) is 23.0. The largest absolute Gasteiger partial charge is 0.379 e. The summed E-state index contributed by atoms with van der Waals surface area (Å²) in [5.41, 5.74) is 1.32. The van der Waals surface area contributed by atoms with E-state index in [-0.39, 0.29) is 11.7 Å². The quantitative estimate of drug-likeness (QED) is 0.549. The second kappa shape index (κ2) is 9.21. The van der Waals surface area contributed by atoms with E-state index in [1.165, 1.54) is 23.5 Å². The summed E-state index contributed by atoms with van der Waals surface area (Å²) < 4.78 is 19.8. The predicted octanol–water partition coefficient (Wildman–Crippen LogP) is 4.14. The summed E-state index contributed by atoms with van der Waals surface area (Å²) >= 11 is 2.98. The zero-order valence-corrected chi connectivity index (χ0v) is 17.8. The first-order valence-corrected chi connectivity index (χ1v) is 11.5. The number of hydrogen-bond donors (Lipinski definition) is 0. The van der Waals surface area contributed by atoms with Crippen LogP contribution in [0.3, 0.4) is 0 Å². The van der Waals surface area contributed by atoms with Crippen molar-refractivity contribution in [3.05, 3.63) is 53.8 Å². The molecule has 0 unspecified atom stereocenters. The van der Waals surface area contributed by atoms with Crippen LogP contribution in [0.5, 0.6) is 0 Å². The van der Waals surface area contributed by atoms with Crippen LogP contribution >= 0.6 is 23.1 Å². The Kier molecular flexibility index (Phi) is 6.44. The van der Waals surface area contributed by atoms with Gasteiger partial charge in [0.1, 0.15) is 5.82 Å². The molecule has 5 nitrogen and oxygen atoms in total. The van der Waals surface area contributed by atoms with Gasteiger partial charge in [-0.1, -0.05) is 11.3 Å². The fourth-order valence-electron chi connectivity index (χ4n) is 3.24. The standard InChI is InChI=1S/C21H22FN3O2S2/c1-28-17-5-2-15(3-6-17)20(26)25(9-8-24-10-12-27-13-11-24)21-23-18-7-4-16(22)14-19(18)29-21/h2-7,14H,8-13H2,1H3. The molecule has 1 saturated heterocycles. The normalized spacial score (nSPS) is 15.0. The van der Waals surface area contributed by atoms with E-state index < -0.39 is 0 Å². The molecule has 0 aliphatic carbocycles. The van der Waals surface area contributed by atoms with Gasteiger partial charge >= 0.3 is 0 Å². The number of amides is 1. The van der Waals surface area contributed by atoms with Gasteiger partial charge in [0, 0.05) is 36.6 Å². The number of fused-ring (bicyclic) bond motifs is 1. The minimum absolute atomic E-state index is 0.0922. The summed E-state index contributed by atoms with van der Waals surface area (Å²) in [6, 6.07) is 12.1. The zero-order valence-electron chi connectivity index (χ0n) is 16.1. The highest BCUT2D eigenvalue weighted by Gasteiger charge is 2.23. The molecule has 0 bridgehead atoms. The van der Waals surface area contributed by atoms with Crippen molar-refractivity contribution in [3.63, 3.8) is 0 Å². The first-order valence-electron chi connectivity index (χ1n) is 9.46. The first-order chi connectivity index (χ1) is 14.1. The Morgan fingerprint density at radius 3 is 2.72 bits per heavy atom.